The minimum absolute atomic E-state index is 0.0658. The van der Waals surface area contributed by atoms with Gasteiger partial charge in [-0.15, -0.1) is 0 Å². The summed E-state index contributed by atoms with van der Waals surface area (Å²) in [4.78, 5) is 15.4. The number of nitrogens with zero attached hydrogens (tertiary/aromatic N) is 2. The molecule has 0 aliphatic rings. The molecule has 118 valence electrons. The van der Waals surface area contributed by atoms with Gasteiger partial charge >= 0.3 is 5.97 Å². The molecule has 0 saturated carbocycles. The van der Waals surface area contributed by atoms with Crippen LogP contribution in [0.25, 0.3) is 5.52 Å². The number of carboxylic acids is 1. The average Bonchev–Trinajstić information content (AvgIpc) is 2.93. The van der Waals surface area contributed by atoms with E-state index in [9.17, 15) is 14.3 Å². The summed E-state index contributed by atoms with van der Waals surface area (Å²) in [6.07, 6.45) is 0. The van der Waals surface area contributed by atoms with Gasteiger partial charge < -0.3 is 14.6 Å². The monoisotopic (exact) mass is 316 g/mol. The summed E-state index contributed by atoms with van der Waals surface area (Å²) in [5.41, 5.74) is 0.264. The van der Waals surface area contributed by atoms with E-state index in [-0.39, 0.29) is 18.1 Å². The van der Waals surface area contributed by atoms with E-state index in [0.717, 1.165) is 0 Å². The number of methoxy groups -OCH3 is 1. The highest BCUT2D eigenvalue weighted by Crippen LogP contribution is 2.23. The lowest BCUT2D eigenvalue weighted by molar-refractivity contribution is 0.0693. The van der Waals surface area contributed by atoms with E-state index in [1.807, 2.05) is 0 Å². The highest BCUT2D eigenvalue weighted by Gasteiger charge is 2.19. The van der Waals surface area contributed by atoms with Gasteiger partial charge in [-0.05, 0) is 24.3 Å². The molecule has 6 nitrogen and oxygen atoms in total. The number of benzene rings is 1. The van der Waals surface area contributed by atoms with E-state index in [2.05, 4.69) is 4.98 Å². The number of imidazole rings is 1. The topological polar surface area (TPSA) is 73.1 Å². The zero-order valence-electron chi connectivity index (χ0n) is 12.2. The molecule has 0 atom stereocenters. The first-order chi connectivity index (χ1) is 11.1. The fraction of sp³-hybridized carbons (Fsp3) is 0.125. The van der Waals surface area contributed by atoms with Crippen molar-refractivity contribution in [2.45, 2.75) is 6.61 Å². The Morgan fingerprint density at radius 1 is 1.26 bits per heavy atom. The predicted molar refractivity (Wildman–Crippen MR) is 79.4 cm³/mol. The maximum Gasteiger partial charge on any atom is 0.356 e. The SMILES string of the molecule is COc1cccc2c(C(=O)O)nc(COc3ccccc3F)n12. The molecule has 0 spiro atoms. The van der Waals surface area contributed by atoms with Crippen LogP contribution in [-0.4, -0.2) is 27.6 Å². The van der Waals surface area contributed by atoms with E-state index in [1.165, 1.54) is 23.6 Å². The summed E-state index contributed by atoms with van der Waals surface area (Å²) in [5.74, 6) is -0.879. The molecule has 0 amide bonds. The number of para-hydroxylation sites is 1. The molecule has 0 bridgehead atoms. The normalized spacial score (nSPS) is 10.7. The predicted octanol–water partition coefficient (Wildman–Crippen LogP) is 2.76. The van der Waals surface area contributed by atoms with Crippen molar-refractivity contribution in [2.24, 2.45) is 0 Å². The molecule has 0 radical (unpaired) electrons. The molecular weight excluding hydrogens is 303 g/mol. The number of carboxylic acid groups (broad SMARTS) is 1. The Hall–Kier alpha value is -3.09. The molecule has 3 aromatic rings. The molecule has 1 aromatic carbocycles. The largest absolute Gasteiger partial charge is 0.483 e. The maximum atomic E-state index is 13.6. The second kappa shape index (κ2) is 5.96. The van der Waals surface area contributed by atoms with E-state index in [4.69, 9.17) is 9.47 Å². The first-order valence-electron chi connectivity index (χ1n) is 6.76. The van der Waals surface area contributed by atoms with Gasteiger partial charge in [0.15, 0.2) is 29.0 Å². The number of halogens is 1. The van der Waals surface area contributed by atoms with Crippen molar-refractivity contribution < 1.29 is 23.8 Å². The summed E-state index contributed by atoms with van der Waals surface area (Å²) in [6, 6.07) is 10.9. The Morgan fingerprint density at radius 2 is 2.04 bits per heavy atom. The van der Waals surface area contributed by atoms with Gasteiger partial charge in [0, 0.05) is 0 Å². The van der Waals surface area contributed by atoms with Crippen molar-refractivity contribution in [3.05, 3.63) is 59.8 Å². The lowest BCUT2D eigenvalue weighted by Crippen LogP contribution is -2.04. The van der Waals surface area contributed by atoms with Crippen LogP contribution in [0.5, 0.6) is 11.6 Å². The van der Waals surface area contributed by atoms with Crippen molar-refractivity contribution in [3.63, 3.8) is 0 Å². The first-order valence-corrected chi connectivity index (χ1v) is 6.76. The molecule has 2 heterocycles. The number of rotatable bonds is 5. The van der Waals surface area contributed by atoms with Gasteiger partial charge in [-0.25, -0.2) is 14.2 Å². The highest BCUT2D eigenvalue weighted by atomic mass is 19.1. The number of carbonyl (C=O) groups is 1. The van der Waals surface area contributed by atoms with E-state index < -0.39 is 11.8 Å². The van der Waals surface area contributed by atoms with Crippen molar-refractivity contribution >= 4 is 11.5 Å². The summed E-state index contributed by atoms with van der Waals surface area (Å²) >= 11 is 0. The second-order valence-corrected chi connectivity index (χ2v) is 4.69. The van der Waals surface area contributed by atoms with E-state index in [0.29, 0.717) is 17.2 Å². The molecule has 3 rings (SSSR count). The molecule has 0 aliphatic carbocycles. The Morgan fingerprint density at radius 3 is 2.74 bits per heavy atom. The van der Waals surface area contributed by atoms with Crippen LogP contribution >= 0.6 is 0 Å². The maximum absolute atomic E-state index is 13.6. The lowest BCUT2D eigenvalue weighted by atomic mass is 10.3. The van der Waals surface area contributed by atoms with E-state index >= 15 is 0 Å². The Bertz CT molecular complexity index is 876. The number of pyridine rings is 1. The molecule has 23 heavy (non-hydrogen) atoms. The standard InChI is InChI=1S/C16H13FN2O4/c1-22-14-8-4-6-11-15(16(20)21)18-13(19(11)14)9-23-12-7-3-2-5-10(12)17/h2-8H,9H2,1H3,(H,20,21). The highest BCUT2D eigenvalue weighted by molar-refractivity contribution is 5.93. The third-order valence-electron chi connectivity index (χ3n) is 3.30. The number of aromatic nitrogens is 2. The van der Waals surface area contributed by atoms with Crippen molar-refractivity contribution in [3.8, 4) is 11.6 Å². The fourth-order valence-corrected chi connectivity index (χ4v) is 2.29. The first kappa shape index (κ1) is 14.8. The number of hydrogen-bond donors (Lipinski definition) is 1. The van der Waals surface area contributed by atoms with Gasteiger partial charge in [0.1, 0.15) is 6.61 Å². The quantitative estimate of drug-likeness (QED) is 0.783. The van der Waals surface area contributed by atoms with Crippen LogP contribution in [0.4, 0.5) is 4.39 Å². The van der Waals surface area contributed by atoms with Crippen LogP contribution in [0.1, 0.15) is 16.3 Å². The Balaban J connectivity index is 2.03. The van der Waals surface area contributed by atoms with Crippen molar-refractivity contribution in [1.29, 1.82) is 0 Å². The van der Waals surface area contributed by atoms with Gasteiger partial charge in [-0.3, -0.25) is 4.40 Å². The molecule has 1 N–H and O–H groups in total. The molecular formula is C16H13FN2O4. The van der Waals surface area contributed by atoms with Crippen LogP contribution in [0.3, 0.4) is 0 Å². The van der Waals surface area contributed by atoms with Crippen LogP contribution in [0, 0.1) is 5.82 Å². The lowest BCUT2D eigenvalue weighted by Gasteiger charge is -2.09. The average molecular weight is 316 g/mol. The minimum atomic E-state index is -1.16. The summed E-state index contributed by atoms with van der Waals surface area (Å²) in [6.45, 7) is -0.101. The molecule has 7 heteroatoms. The van der Waals surface area contributed by atoms with Crippen LogP contribution in [-0.2, 0) is 6.61 Å². The van der Waals surface area contributed by atoms with Crippen molar-refractivity contribution in [1.82, 2.24) is 9.38 Å². The van der Waals surface area contributed by atoms with E-state index in [1.54, 1.807) is 30.3 Å². The number of fused-ring (bicyclic) bond motifs is 1. The van der Waals surface area contributed by atoms with Crippen molar-refractivity contribution in [2.75, 3.05) is 7.11 Å². The van der Waals surface area contributed by atoms with Crippen LogP contribution in [0.15, 0.2) is 42.5 Å². The third-order valence-corrected chi connectivity index (χ3v) is 3.30. The van der Waals surface area contributed by atoms with Gasteiger partial charge in [0.05, 0.1) is 12.6 Å². The zero-order chi connectivity index (χ0) is 16.4. The van der Waals surface area contributed by atoms with Gasteiger partial charge in [0.2, 0.25) is 0 Å². The Kier molecular flexibility index (Phi) is 3.84. The third kappa shape index (κ3) is 2.68. The smallest absolute Gasteiger partial charge is 0.356 e. The summed E-state index contributed by atoms with van der Waals surface area (Å²) < 4.78 is 25.8. The summed E-state index contributed by atoms with van der Waals surface area (Å²) in [7, 11) is 1.47. The molecule has 2 aromatic heterocycles. The molecule has 0 saturated heterocycles. The van der Waals surface area contributed by atoms with Gasteiger partial charge in [0.25, 0.3) is 0 Å². The van der Waals surface area contributed by atoms with Gasteiger partial charge in [-0.1, -0.05) is 18.2 Å². The fourth-order valence-electron chi connectivity index (χ4n) is 2.29. The molecule has 0 fully saturated rings. The van der Waals surface area contributed by atoms with Gasteiger partial charge in [-0.2, -0.15) is 0 Å². The Labute approximate surface area is 130 Å². The number of hydrogen-bond acceptors (Lipinski definition) is 4. The summed E-state index contributed by atoms with van der Waals surface area (Å²) in [5, 5.41) is 9.27. The number of aromatic carboxylic acids is 1. The minimum Gasteiger partial charge on any atom is -0.483 e. The van der Waals surface area contributed by atoms with Crippen LogP contribution in [0.2, 0.25) is 0 Å². The molecule has 0 unspecified atom stereocenters. The van der Waals surface area contributed by atoms with Crippen LogP contribution < -0.4 is 9.47 Å². The number of ether oxygens (including phenoxy) is 2. The second-order valence-electron chi connectivity index (χ2n) is 4.69. The zero-order valence-corrected chi connectivity index (χ0v) is 12.2. The molecule has 0 aliphatic heterocycles.